The van der Waals surface area contributed by atoms with Gasteiger partial charge in [-0.3, -0.25) is 0 Å². The van der Waals surface area contributed by atoms with Gasteiger partial charge >= 0.3 is 0 Å². The van der Waals surface area contributed by atoms with E-state index in [9.17, 15) is 0 Å². The van der Waals surface area contributed by atoms with Crippen LogP contribution >= 0.6 is 23.4 Å². The monoisotopic (exact) mass is 291 g/mol. The highest BCUT2D eigenvalue weighted by Crippen LogP contribution is 2.31. The zero-order chi connectivity index (χ0) is 13.5. The van der Waals surface area contributed by atoms with Crippen molar-refractivity contribution in [3.05, 3.63) is 59.1 Å². The summed E-state index contributed by atoms with van der Waals surface area (Å²) >= 11 is 7.79. The highest BCUT2D eigenvalue weighted by Gasteiger charge is 2.04. The van der Waals surface area contributed by atoms with Crippen LogP contribution in [0.5, 0.6) is 0 Å². The summed E-state index contributed by atoms with van der Waals surface area (Å²) in [5.41, 5.74) is 1.33. The number of nitrogens with one attached hydrogen (secondary N) is 1. The van der Waals surface area contributed by atoms with Crippen LogP contribution in [0.25, 0.3) is 0 Å². The molecule has 2 rings (SSSR count). The van der Waals surface area contributed by atoms with E-state index < -0.39 is 0 Å². The molecule has 0 radical (unpaired) electrons. The Bertz CT molecular complexity index is 528. The van der Waals surface area contributed by atoms with Gasteiger partial charge in [0.25, 0.3) is 0 Å². The molecule has 1 nitrogen and oxygen atoms in total. The second-order valence-electron chi connectivity index (χ2n) is 4.34. The lowest BCUT2D eigenvalue weighted by molar-refractivity contribution is 0.669. The Morgan fingerprint density at radius 1 is 1.11 bits per heavy atom. The molecule has 19 heavy (non-hydrogen) atoms. The van der Waals surface area contributed by atoms with Gasteiger partial charge in [-0.1, -0.05) is 54.6 Å². The standard InChI is InChI=1S/C16H18ClNS/c1-2-10-18-12-13-6-3-4-9-16(13)19-15-8-5-7-14(17)11-15/h3-9,11,18H,2,10,12H2,1H3. The first-order valence-electron chi connectivity index (χ1n) is 6.51. The van der Waals surface area contributed by atoms with Crippen molar-refractivity contribution in [3.63, 3.8) is 0 Å². The number of rotatable bonds is 6. The van der Waals surface area contributed by atoms with E-state index in [1.54, 1.807) is 11.8 Å². The summed E-state index contributed by atoms with van der Waals surface area (Å²) in [6.45, 7) is 4.15. The zero-order valence-electron chi connectivity index (χ0n) is 11.0. The number of halogens is 1. The first-order valence-corrected chi connectivity index (χ1v) is 7.71. The molecule has 0 saturated heterocycles. The Labute approximate surface area is 124 Å². The fourth-order valence-corrected chi connectivity index (χ4v) is 3.07. The molecule has 0 bridgehead atoms. The molecular formula is C16H18ClNS. The molecule has 0 unspecified atom stereocenters. The van der Waals surface area contributed by atoms with Gasteiger partial charge in [-0.2, -0.15) is 0 Å². The summed E-state index contributed by atoms with van der Waals surface area (Å²) in [6, 6.07) is 16.5. The Morgan fingerprint density at radius 2 is 1.95 bits per heavy atom. The fraction of sp³-hybridized carbons (Fsp3) is 0.250. The van der Waals surface area contributed by atoms with Crippen LogP contribution in [-0.4, -0.2) is 6.54 Å². The van der Waals surface area contributed by atoms with Crippen molar-refractivity contribution in [2.45, 2.75) is 29.7 Å². The molecule has 0 saturated carbocycles. The molecule has 0 aliphatic rings. The van der Waals surface area contributed by atoms with E-state index in [2.05, 4.69) is 42.6 Å². The van der Waals surface area contributed by atoms with Crippen molar-refractivity contribution >= 4 is 23.4 Å². The lowest BCUT2D eigenvalue weighted by Crippen LogP contribution is -2.14. The van der Waals surface area contributed by atoms with E-state index in [0.717, 1.165) is 24.5 Å². The molecule has 100 valence electrons. The summed E-state index contributed by atoms with van der Waals surface area (Å²) in [7, 11) is 0. The zero-order valence-corrected chi connectivity index (χ0v) is 12.6. The van der Waals surface area contributed by atoms with Crippen molar-refractivity contribution in [2.75, 3.05) is 6.54 Å². The van der Waals surface area contributed by atoms with Crippen LogP contribution in [0.1, 0.15) is 18.9 Å². The van der Waals surface area contributed by atoms with E-state index in [4.69, 9.17) is 11.6 Å². The average molecular weight is 292 g/mol. The van der Waals surface area contributed by atoms with Crippen LogP contribution < -0.4 is 5.32 Å². The summed E-state index contributed by atoms with van der Waals surface area (Å²) < 4.78 is 0. The Balaban J connectivity index is 2.11. The lowest BCUT2D eigenvalue weighted by atomic mass is 10.2. The normalized spacial score (nSPS) is 10.6. The fourth-order valence-electron chi connectivity index (χ4n) is 1.81. The lowest BCUT2D eigenvalue weighted by Gasteiger charge is -2.10. The van der Waals surface area contributed by atoms with Gasteiger partial charge in [0.15, 0.2) is 0 Å². The van der Waals surface area contributed by atoms with Crippen molar-refractivity contribution in [1.29, 1.82) is 0 Å². The third-order valence-electron chi connectivity index (χ3n) is 2.74. The summed E-state index contributed by atoms with van der Waals surface area (Å²) in [6.07, 6.45) is 1.16. The molecule has 0 heterocycles. The summed E-state index contributed by atoms with van der Waals surface area (Å²) in [5.74, 6) is 0. The number of hydrogen-bond donors (Lipinski definition) is 1. The predicted octanol–water partition coefficient (Wildman–Crippen LogP) is 4.99. The van der Waals surface area contributed by atoms with E-state index in [0.29, 0.717) is 0 Å². The van der Waals surface area contributed by atoms with E-state index in [-0.39, 0.29) is 0 Å². The summed E-state index contributed by atoms with van der Waals surface area (Å²) in [4.78, 5) is 2.46. The Hall–Kier alpha value is -0.960. The Kier molecular flexibility index (Phi) is 5.77. The van der Waals surface area contributed by atoms with E-state index in [1.165, 1.54) is 15.4 Å². The minimum atomic E-state index is 0.784. The molecule has 0 spiro atoms. The molecule has 0 atom stereocenters. The molecule has 0 aliphatic heterocycles. The average Bonchev–Trinajstić information content (AvgIpc) is 2.41. The highest BCUT2D eigenvalue weighted by molar-refractivity contribution is 7.99. The highest BCUT2D eigenvalue weighted by atomic mass is 35.5. The topological polar surface area (TPSA) is 12.0 Å². The number of hydrogen-bond acceptors (Lipinski definition) is 2. The van der Waals surface area contributed by atoms with Gasteiger partial charge in [-0.25, -0.2) is 0 Å². The first kappa shape index (κ1) is 14.4. The Morgan fingerprint density at radius 3 is 2.74 bits per heavy atom. The third-order valence-corrected chi connectivity index (χ3v) is 4.08. The quantitative estimate of drug-likeness (QED) is 0.753. The SMILES string of the molecule is CCCNCc1ccccc1Sc1cccc(Cl)c1. The van der Waals surface area contributed by atoms with Gasteiger partial charge in [0.1, 0.15) is 0 Å². The molecular weight excluding hydrogens is 274 g/mol. The van der Waals surface area contributed by atoms with Crippen LogP contribution in [0.4, 0.5) is 0 Å². The van der Waals surface area contributed by atoms with Gasteiger partial charge in [0, 0.05) is 21.4 Å². The number of benzene rings is 2. The van der Waals surface area contributed by atoms with E-state index in [1.807, 2.05) is 18.2 Å². The molecule has 0 aliphatic carbocycles. The van der Waals surface area contributed by atoms with Crippen molar-refractivity contribution in [2.24, 2.45) is 0 Å². The molecule has 2 aromatic carbocycles. The molecule has 3 heteroatoms. The van der Waals surface area contributed by atoms with Crippen molar-refractivity contribution < 1.29 is 0 Å². The smallest absolute Gasteiger partial charge is 0.0417 e. The largest absolute Gasteiger partial charge is 0.313 e. The maximum absolute atomic E-state index is 6.03. The van der Waals surface area contributed by atoms with Gasteiger partial charge in [-0.05, 0) is 42.8 Å². The van der Waals surface area contributed by atoms with Gasteiger partial charge in [-0.15, -0.1) is 0 Å². The molecule has 1 N–H and O–H groups in total. The summed E-state index contributed by atoms with van der Waals surface area (Å²) in [5, 5.41) is 4.23. The van der Waals surface area contributed by atoms with E-state index >= 15 is 0 Å². The second kappa shape index (κ2) is 7.59. The molecule has 2 aromatic rings. The molecule has 0 fully saturated rings. The van der Waals surface area contributed by atoms with Crippen molar-refractivity contribution in [3.8, 4) is 0 Å². The first-order chi connectivity index (χ1) is 9.29. The third kappa shape index (κ3) is 4.57. The molecule has 0 amide bonds. The second-order valence-corrected chi connectivity index (χ2v) is 5.90. The van der Waals surface area contributed by atoms with Crippen LogP contribution in [0.3, 0.4) is 0 Å². The predicted molar refractivity (Wildman–Crippen MR) is 84.0 cm³/mol. The van der Waals surface area contributed by atoms with Gasteiger partial charge in [0.05, 0.1) is 0 Å². The minimum Gasteiger partial charge on any atom is -0.313 e. The maximum atomic E-state index is 6.03. The van der Waals surface area contributed by atoms with Crippen LogP contribution in [-0.2, 0) is 6.54 Å². The van der Waals surface area contributed by atoms with Gasteiger partial charge < -0.3 is 5.32 Å². The van der Waals surface area contributed by atoms with Crippen LogP contribution in [0.2, 0.25) is 5.02 Å². The molecule has 0 aromatic heterocycles. The van der Waals surface area contributed by atoms with Gasteiger partial charge in [0.2, 0.25) is 0 Å². The maximum Gasteiger partial charge on any atom is 0.0417 e. The van der Waals surface area contributed by atoms with Crippen LogP contribution in [0, 0.1) is 0 Å². The minimum absolute atomic E-state index is 0.784. The van der Waals surface area contributed by atoms with Crippen LogP contribution in [0.15, 0.2) is 58.3 Å². The van der Waals surface area contributed by atoms with Crippen molar-refractivity contribution in [1.82, 2.24) is 5.32 Å².